The van der Waals surface area contributed by atoms with Crippen LogP contribution in [0.3, 0.4) is 0 Å². The minimum Gasteiger partial charge on any atom is -0.497 e. The van der Waals surface area contributed by atoms with E-state index in [0.29, 0.717) is 22.6 Å². The van der Waals surface area contributed by atoms with Crippen LogP contribution in [0.1, 0.15) is 22.9 Å². The highest BCUT2D eigenvalue weighted by molar-refractivity contribution is 5.45. The van der Waals surface area contributed by atoms with Crippen molar-refractivity contribution in [3.63, 3.8) is 0 Å². The molecule has 0 aliphatic heterocycles. The second kappa shape index (κ2) is 5.97. The zero-order chi connectivity index (χ0) is 15.6. The third-order valence-electron chi connectivity index (χ3n) is 3.32. The van der Waals surface area contributed by atoms with Gasteiger partial charge in [0.05, 0.1) is 26.0 Å². The summed E-state index contributed by atoms with van der Waals surface area (Å²) in [5.74, 6) is 1.27. The van der Waals surface area contributed by atoms with Gasteiger partial charge >= 0.3 is 0 Å². The Balaban J connectivity index is 2.59. The topological polar surface area (TPSA) is 79.4 Å². The Morgan fingerprint density at radius 2 is 1.90 bits per heavy atom. The molecule has 0 aliphatic rings. The molecule has 2 N–H and O–H groups in total. The second-order valence-corrected chi connectivity index (χ2v) is 4.76. The van der Waals surface area contributed by atoms with E-state index in [0.717, 1.165) is 5.69 Å². The summed E-state index contributed by atoms with van der Waals surface area (Å²) >= 11 is 0. The first-order valence-corrected chi connectivity index (χ1v) is 6.50. The number of methoxy groups -OCH3 is 2. The van der Waals surface area contributed by atoms with E-state index in [9.17, 15) is 4.79 Å². The Morgan fingerprint density at radius 3 is 2.52 bits per heavy atom. The fourth-order valence-electron chi connectivity index (χ4n) is 2.26. The number of nitrogens with two attached hydrogens (primary N) is 1. The Hall–Kier alpha value is -2.34. The van der Waals surface area contributed by atoms with Crippen molar-refractivity contribution in [3.05, 3.63) is 51.4 Å². The predicted octanol–water partition coefficient (Wildman–Crippen LogP) is 1.15. The molecule has 2 aromatic rings. The highest BCUT2D eigenvalue weighted by atomic mass is 16.5. The predicted molar refractivity (Wildman–Crippen MR) is 79.8 cm³/mol. The maximum Gasteiger partial charge on any atom is 0.271 e. The SMILES string of the molecule is COc1ccc(OC)c(C(N)c2cc(C)nn(C)c2=O)c1. The first-order chi connectivity index (χ1) is 9.97. The smallest absolute Gasteiger partial charge is 0.271 e. The molecule has 1 aromatic carbocycles. The third kappa shape index (κ3) is 2.90. The standard InChI is InChI=1S/C15H19N3O3/c1-9-7-12(15(19)18(2)17-9)14(16)11-8-10(20-3)5-6-13(11)21-4/h5-8,14H,16H2,1-4H3. The van der Waals surface area contributed by atoms with Crippen LogP contribution in [0, 0.1) is 6.92 Å². The van der Waals surface area contributed by atoms with Crippen LogP contribution in [0.5, 0.6) is 11.5 Å². The number of ether oxygens (including phenoxy) is 2. The molecule has 0 fully saturated rings. The van der Waals surface area contributed by atoms with Crippen molar-refractivity contribution < 1.29 is 9.47 Å². The summed E-state index contributed by atoms with van der Waals surface area (Å²) in [6, 6.07) is 6.41. The summed E-state index contributed by atoms with van der Waals surface area (Å²) in [5.41, 5.74) is 7.94. The molecule has 0 amide bonds. The van der Waals surface area contributed by atoms with Gasteiger partial charge < -0.3 is 15.2 Å². The normalized spacial score (nSPS) is 12.0. The van der Waals surface area contributed by atoms with E-state index in [1.165, 1.54) is 4.68 Å². The van der Waals surface area contributed by atoms with Gasteiger partial charge in [0.25, 0.3) is 5.56 Å². The van der Waals surface area contributed by atoms with E-state index >= 15 is 0 Å². The number of benzene rings is 1. The van der Waals surface area contributed by atoms with Gasteiger partial charge in [-0.3, -0.25) is 4.79 Å². The molecule has 1 aromatic heterocycles. The largest absolute Gasteiger partial charge is 0.497 e. The van der Waals surface area contributed by atoms with Crippen molar-refractivity contribution in [2.75, 3.05) is 14.2 Å². The van der Waals surface area contributed by atoms with Gasteiger partial charge in [-0.15, -0.1) is 0 Å². The zero-order valence-electron chi connectivity index (χ0n) is 12.6. The summed E-state index contributed by atoms with van der Waals surface area (Å²) in [6.45, 7) is 1.82. The van der Waals surface area contributed by atoms with Crippen molar-refractivity contribution in [2.45, 2.75) is 13.0 Å². The zero-order valence-corrected chi connectivity index (χ0v) is 12.6. The second-order valence-electron chi connectivity index (χ2n) is 4.76. The van der Waals surface area contributed by atoms with Gasteiger partial charge in [0, 0.05) is 18.2 Å². The molecule has 0 radical (unpaired) electrons. The molecule has 21 heavy (non-hydrogen) atoms. The van der Waals surface area contributed by atoms with Crippen LogP contribution in [-0.2, 0) is 7.05 Å². The van der Waals surface area contributed by atoms with E-state index in [2.05, 4.69) is 5.10 Å². The summed E-state index contributed by atoms with van der Waals surface area (Å²) in [4.78, 5) is 12.2. The van der Waals surface area contributed by atoms with Gasteiger partial charge in [-0.1, -0.05) is 0 Å². The lowest BCUT2D eigenvalue weighted by Gasteiger charge is -2.17. The van der Waals surface area contributed by atoms with Crippen LogP contribution in [0.4, 0.5) is 0 Å². The summed E-state index contributed by atoms with van der Waals surface area (Å²) in [7, 11) is 4.75. The Bertz CT molecular complexity index is 710. The van der Waals surface area contributed by atoms with Crippen LogP contribution < -0.4 is 20.8 Å². The highest BCUT2D eigenvalue weighted by Crippen LogP contribution is 2.30. The van der Waals surface area contributed by atoms with Crippen molar-refractivity contribution in [1.82, 2.24) is 9.78 Å². The molecule has 0 saturated carbocycles. The van der Waals surface area contributed by atoms with Crippen LogP contribution in [-0.4, -0.2) is 24.0 Å². The average Bonchev–Trinajstić information content (AvgIpc) is 2.49. The molecule has 1 unspecified atom stereocenters. The molecular weight excluding hydrogens is 270 g/mol. The molecule has 112 valence electrons. The minimum atomic E-state index is -0.615. The van der Waals surface area contributed by atoms with Gasteiger partial charge in [0.1, 0.15) is 11.5 Å². The first-order valence-electron chi connectivity index (χ1n) is 6.50. The number of nitrogens with zero attached hydrogens (tertiary/aromatic N) is 2. The Kier molecular flexibility index (Phi) is 4.28. The van der Waals surface area contributed by atoms with Crippen molar-refractivity contribution in [3.8, 4) is 11.5 Å². The van der Waals surface area contributed by atoms with E-state index in [1.807, 2.05) is 6.92 Å². The van der Waals surface area contributed by atoms with E-state index < -0.39 is 6.04 Å². The fourth-order valence-corrected chi connectivity index (χ4v) is 2.26. The number of aryl methyl sites for hydroxylation is 2. The van der Waals surface area contributed by atoms with Gasteiger partial charge in [-0.2, -0.15) is 5.10 Å². The Morgan fingerprint density at radius 1 is 1.19 bits per heavy atom. The molecule has 0 saturated heterocycles. The number of hydrogen-bond acceptors (Lipinski definition) is 5. The maximum absolute atomic E-state index is 12.2. The van der Waals surface area contributed by atoms with Crippen LogP contribution in [0.2, 0.25) is 0 Å². The molecule has 6 nitrogen and oxygen atoms in total. The molecule has 6 heteroatoms. The third-order valence-corrected chi connectivity index (χ3v) is 3.32. The number of aromatic nitrogens is 2. The Labute approximate surface area is 123 Å². The van der Waals surface area contributed by atoms with Gasteiger partial charge in [0.15, 0.2) is 0 Å². The van der Waals surface area contributed by atoms with Crippen molar-refractivity contribution >= 4 is 0 Å². The van der Waals surface area contributed by atoms with E-state index in [-0.39, 0.29) is 5.56 Å². The summed E-state index contributed by atoms with van der Waals surface area (Å²) in [5, 5.41) is 4.08. The molecular formula is C15H19N3O3. The van der Waals surface area contributed by atoms with E-state index in [1.54, 1.807) is 45.5 Å². The lowest BCUT2D eigenvalue weighted by molar-refractivity contribution is 0.397. The van der Waals surface area contributed by atoms with Gasteiger partial charge in [-0.25, -0.2) is 4.68 Å². The van der Waals surface area contributed by atoms with Crippen LogP contribution in [0.15, 0.2) is 29.1 Å². The van der Waals surface area contributed by atoms with Crippen LogP contribution in [0.25, 0.3) is 0 Å². The number of hydrogen-bond donors (Lipinski definition) is 1. The van der Waals surface area contributed by atoms with Gasteiger partial charge in [0.2, 0.25) is 0 Å². The quantitative estimate of drug-likeness (QED) is 0.913. The summed E-state index contributed by atoms with van der Waals surface area (Å²) < 4.78 is 11.8. The number of rotatable bonds is 4. The van der Waals surface area contributed by atoms with Crippen molar-refractivity contribution in [2.24, 2.45) is 12.8 Å². The lowest BCUT2D eigenvalue weighted by Crippen LogP contribution is -2.29. The average molecular weight is 289 g/mol. The van der Waals surface area contributed by atoms with Gasteiger partial charge in [-0.05, 0) is 31.2 Å². The summed E-state index contributed by atoms with van der Waals surface area (Å²) in [6.07, 6.45) is 0. The molecule has 2 rings (SSSR count). The monoisotopic (exact) mass is 289 g/mol. The van der Waals surface area contributed by atoms with Crippen molar-refractivity contribution in [1.29, 1.82) is 0 Å². The molecule has 0 bridgehead atoms. The first kappa shape index (κ1) is 15.1. The minimum absolute atomic E-state index is 0.224. The molecule has 1 atom stereocenters. The fraction of sp³-hybridized carbons (Fsp3) is 0.333. The molecule has 0 spiro atoms. The lowest BCUT2D eigenvalue weighted by atomic mass is 9.99. The molecule has 0 aliphatic carbocycles. The maximum atomic E-state index is 12.2. The molecule has 1 heterocycles. The van der Waals surface area contributed by atoms with Crippen LogP contribution >= 0.6 is 0 Å². The highest BCUT2D eigenvalue weighted by Gasteiger charge is 2.19. The van der Waals surface area contributed by atoms with E-state index in [4.69, 9.17) is 15.2 Å².